The van der Waals surface area contributed by atoms with Crippen LogP contribution in [0.5, 0.6) is 5.75 Å². The Morgan fingerprint density at radius 1 is 1.26 bits per heavy atom. The molecule has 1 fully saturated rings. The molecule has 2 heteroatoms. The van der Waals surface area contributed by atoms with Gasteiger partial charge < -0.3 is 10.1 Å². The van der Waals surface area contributed by atoms with Gasteiger partial charge in [-0.3, -0.25) is 0 Å². The van der Waals surface area contributed by atoms with Crippen LogP contribution >= 0.6 is 0 Å². The van der Waals surface area contributed by atoms with Crippen molar-refractivity contribution in [2.24, 2.45) is 5.41 Å². The highest BCUT2D eigenvalue weighted by molar-refractivity contribution is 5.30. The summed E-state index contributed by atoms with van der Waals surface area (Å²) in [5.74, 6) is 0.941. The Balaban J connectivity index is 1.92. The molecule has 0 unspecified atom stereocenters. The van der Waals surface area contributed by atoms with Gasteiger partial charge in [-0.1, -0.05) is 26.0 Å². The molecule has 1 aromatic carbocycles. The molecule has 0 radical (unpaired) electrons. The molecule has 2 rings (SSSR count). The first kappa shape index (κ1) is 14.4. The number of methoxy groups -OCH3 is 1. The van der Waals surface area contributed by atoms with Gasteiger partial charge in [0.15, 0.2) is 0 Å². The molecule has 2 nitrogen and oxygen atoms in total. The van der Waals surface area contributed by atoms with E-state index in [9.17, 15) is 0 Å². The maximum Gasteiger partial charge on any atom is 0.119 e. The van der Waals surface area contributed by atoms with Crippen molar-refractivity contribution in [3.05, 3.63) is 29.8 Å². The Bertz CT molecular complexity index is 403. The summed E-state index contributed by atoms with van der Waals surface area (Å²) in [7, 11) is 1.72. The lowest BCUT2D eigenvalue weighted by molar-refractivity contribution is 0.200. The topological polar surface area (TPSA) is 21.3 Å². The number of nitrogens with one attached hydrogen (secondary N) is 1. The van der Waals surface area contributed by atoms with Crippen LogP contribution < -0.4 is 10.1 Å². The fraction of sp³-hybridized carbons (Fsp3) is 0.647. The fourth-order valence-electron chi connectivity index (χ4n) is 2.93. The second-order valence-corrected chi connectivity index (χ2v) is 6.60. The van der Waals surface area contributed by atoms with E-state index in [1.807, 2.05) is 6.07 Å². The van der Waals surface area contributed by atoms with Gasteiger partial charge in [-0.15, -0.1) is 0 Å². The Morgan fingerprint density at radius 3 is 2.58 bits per heavy atom. The van der Waals surface area contributed by atoms with Gasteiger partial charge in [-0.05, 0) is 55.7 Å². The quantitative estimate of drug-likeness (QED) is 0.871. The number of benzene rings is 1. The van der Waals surface area contributed by atoms with Crippen LogP contribution in [0.4, 0.5) is 0 Å². The third-order valence-corrected chi connectivity index (χ3v) is 4.42. The van der Waals surface area contributed by atoms with Crippen molar-refractivity contribution in [1.29, 1.82) is 0 Å². The van der Waals surface area contributed by atoms with Gasteiger partial charge >= 0.3 is 0 Å². The molecule has 0 aromatic heterocycles. The minimum Gasteiger partial charge on any atom is -0.497 e. The molecular weight excluding hydrogens is 234 g/mol. The van der Waals surface area contributed by atoms with Crippen molar-refractivity contribution in [2.45, 2.75) is 58.5 Å². The highest BCUT2D eigenvalue weighted by Crippen LogP contribution is 2.35. The molecule has 1 aliphatic carbocycles. The van der Waals surface area contributed by atoms with E-state index >= 15 is 0 Å². The van der Waals surface area contributed by atoms with Crippen LogP contribution in [0.25, 0.3) is 0 Å². The van der Waals surface area contributed by atoms with Gasteiger partial charge in [0, 0.05) is 12.1 Å². The smallest absolute Gasteiger partial charge is 0.119 e. The summed E-state index contributed by atoms with van der Waals surface area (Å²) in [6, 6.07) is 9.42. The SMILES string of the molecule is COc1cccc([C@@H](C)NC2CCC(C)(C)CC2)c1. The van der Waals surface area contributed by atoms with Crippen LogP contribution in [0, 0.1) is 5.41 Å². The molecule has 0 heterocycles. The van der Waals surface area contributed by atoms with Gasteiger partial charge in [0.05, 0.1) is 7.11 Å². The third kappa shape index (κ3) is 3.97. The molecule has 0 spiro atoms. The summed E-state index contributed by atoms with van der Waals surface area (Å²) in [5, 5.41) is 3.77. The highest BCUT2D eigenvalue weighted by atomic mass is 16.5. The maximum atomic E-state index is 5.29. The van der Waals surface area contributed by atoms with Gasteiger partial charge in [-0.25, -0.2) is 0 Å². The Morgan fingerprint density at radius 2 is 1.95 bits per heavy atom. The number of hydrogen-bond donors (Lipinski definition) is 1. The van der Waals surface area contributed by atoms with Crippen LogP contribution in [0.15, 0.2) is 24.3 Å². The molecule has 0 amide bonds. The molecule has 1 atom stereocenters. The van der Waals surface area contributed by atoms with Crippen molar-refractivity contribution in [2.75, 3.05) is 7.11 Å². The van der Waals surface area contributed by atoms with E-state index in [1.54, 1.807) is 7.11 Å². The number of ether oxygens (including phenoxy) is 1. The molecular formula is C17H27NO. The molecule has 1 saturated carbocycles. The first-order chi connectivity index (χ1) is 9.00. The van der Waals surface area contributed by atoms with Gasteiger partial charge in [0.1, 0.15) is 5.75 Å². The molecule has 0 saturated heterocycles. The lowest BCUT2D eigenvalue weighted by Crippen LogP contribution is -2.37. The van der Waals surface area contributed by atoms with Crippen LogP contribution in [0.3, 0.4) is 0 Å². The average Bonchev–Trinajstić information content (AvgIpc) is 2.41. The monoisotopic (exact) mass is 261 g/mol. The number of rotatable bonds is 4. The lowest BCUT2D eigenvalue weighted by atomic mass is 9.75. The zero-order valence-electron chi connectivity index (χ0n) is 12.7. The summed E-state index contributed by atoms with van der Waals surface area (Å²) in [6.07, 6.45) is 5.24. The van der Waals surface area contributed by atoms with Crippen molar-refractivity contribution < 1.29 is 4.74 Å². The summed E-state index contributed by atoms with van der Waals surface area (Å²) in [5.41, 5.74) is 1.85. The van der Waals surface area contributed by atoms with Crippen LogP contribution in [-0.2, 0) is 0 Å². The van der Waals surface area contributed by atoms with Crippen molar-refractivity contribution in [3.8, 4) is 5.75 Å². The van der Waals surface area contributed by atoms with E-state index < -0.39 is 0 Å². The van der Waals surface area contributed by atoms with E-state index in [2.05, 4.69) is 44.3 Å². The van der Waals surface area contributed by atoms with Crippen molar-refractivity contribution >= 4 is 0 Å². The molecule has 0 bridgehead atoms. The highest BCUT2D eigenvalue weighted by Gasteiger charge is 2.27. The zero-order valence-corrected chi connectivity index (χ0v) is 12.7. The molecule has 1 aromatic rings. The van der Waals surface area contributed by atoms with Crippen LogP contribution in [0.2, 0.25) is 0 Å². The predicted molar refractivity (Wildman–Crippen MR) is 80.6 cm³/mol. The fourth-order valence-corrected chi connectivity index (χ4v) is 2.93. The average molecular weight is 261 g/mol. The summed E-state index contributed by atoms with van der Waals surface area (Å²) in [6.45, 7) is 7.01. The van der Waals surface area contributed by atoms with Gasteiger partial charge in [0.2, 0.25) is 0 Å². The molecule has 1 aliphatic rings. The van der Waals surface area contributed by atoms with Crippen molar-refractivity contribution in [3.63, 3.8) is 0 Å². The zero-order chi connectivity index (χ0) is 13.9. The summed E-state index contributed by atoms with van der Waals surface area (Å²) in [4.78, 5) is 0. The van der Waals surface area contributed by atoms with E-state index in [0.717, 1.165) is 5.75 Å². The second kappa shape index (κ2) is 5.96. The third-order valence-electron chi connectivity index (χ3n) is 4.42. The Kier molecular flexibility index (Phi) is 4.51. The minimum absolute atomic E-state index is 0.390. The maximum absolute atomic E-state index is 5.29. The standard InChI is InChI=1S/C17H27NO/c1-13(14-6-5-7-16(12-14)19-4)18-15-8-10-17(2,3)11-9-15/h5-7,12-13,15,18H,8-11H2,1-4H3/t13-/m1/s1. The lowest BCUT2D eigenvalue weighted by Gasteiger charge is -2.36. The largest absolute Gasteiger partial charge is 0.497 e. The Labute approximate surface area is 117 Å². The first-order valence-corrected chi connectivity index (χ1v) is 7.40. The van der Waals surface area contributed by atoms with E-state index in [1.165, 1.54) is 31.2 Å². The summed E-state index contributed by atoms with van der Waals surface area (Å²) >= 11 is 0. The normalized spacial score (nSPS) is 21.1. The second-order valence-electron chi connectivity index (χ2n) is 6.60. The van der Waals surface area contributed by atoms with Gasteiger partial charge in [0.25, 0.3) is 0 Å². The van der Waals surface area contributed by atoms with E-state index in [-0.39, 0.29) is 0 Å². The Hall–Kier alpha value is -1.02. The van der Waals surface area contributed by atoms with Crippen LogP contribution in [0.1, 0.15) is 58.1 Å². The van der Waals surface area contributed by atoms with Crippen molar-refractivity contribution in [1.82, 2.24) is 5.32 Å². The predicted octanol–water partition coefficient (Wildman–Crippen LogP) is 4.31. The van der Waals surface area contributed by atoms with Crippen LogP contribution in [-0.4, -0.2) is 13.2 Å². The molecule has 106 valence electrons. The first-order valence-electron chi connectivity index (χ1n) is 7.40. The molecule has 1 N–H and O–H groups in total. The van der Waals surface area contributed by atoms with E-state index in [4.69, 9.17) is 4.74 Å². The summed E-state index contributed by atoms with van der Waals surface area (Å²) < 4.78 is 5.29. The van der Waals surface area contributed by atoms with Gasteiger partial charge in [-0.2, -0.15) is 0 Å². The van der Waals surface area contributed by atoms with E-state index in [0.29, 0.717) is 17.5 Å². The number of hydrogen-bond acceptors (Lipinski definition) is 2. The molecule has 19 heavy (non-hydrogen) atoms. The minimum atomic E-state index is 0.390. The molecule has 0 aliphatic heterocycles.